The molecule has 1 aliphatic heterocycles. The van der Waals surface area contributed by atoms with E-state index in [2.05, 4.69) is 0 Å². The average Bonchev–Trinajstić information content (AvgIpc) is 3.05. The molecule has 3 aromatic carbocycles. The first-order valence-electron chi connectivity index (χ1n) is 10.2. The molecule has 3 aromatic rings. The van der Waals surface area contributed by atoms with E-state index in [0.29, 0.717) is 22.6 Å². The predicted molar refractivity (Wildman–Crippen MR) is 120 cm³/mol. The summed E-state index contributed by atoms with van der Waals surface area (Å²) in [6.45, 7) is 3.89. The van der Waals surface area contributed by atoms with Gasteiger partial charge in [-0.25, -0.2) is 0 Å². The first-order chi connectivity index (χ1) is 15.0. The normalized spacial score (nSPS) is 17.9. The van der Waals surface area contributed by atoms with E-state index in [1.807, 2.05) is 62.4 Å². The third-order valence-corrected chi connectivity index (χ3v) is 5.09. The summed E-state index contributed by atoms with van der Waals surface area (Å²) in [6.07, 6.45) is 0.0267. The van der Waals surface area contributed by atoms with Crippen molar-refractivity contribution in [2.75, 3.05) is 4.90 Å². The minimum absolute atomic E-state index is 0.0267. The zero-order valence-corrected chi connectivity index (χ0v) is 17.4. The largest absolute Gasteiger partial charge is 0.507 e. The number of ether oxygens (including phenoxy) is 1. The van der Waals surface area contributed by atoms with E-state index < -0.39 is 17.7 Å². The summed E-state index contributed by atoms with van der Waals surface area (Å²) in [7, 11) is 0. The number of benzene rings is 3. The minimum Gasteiger partial charge on any atom is -0.507 e. The highest BCUT2D eigenvalue weighted by atomic mass is 16.5. The minimum atomic E-state index is -0.754. The molecule has 156 valence electrons. The van der Waals surface area contributed by atoms with E-state index in [1.54, 1.807) is 36.4 Å². The highest BCUT2D eigenvalue weighted by molar-refractivity contribution is 6.51. The van der Waals surface area contributed by atoms with Crippen LogP contribution in [0.5, 0.6) is 5.75 Å². The van der Waals surface area contributed by atoms with Gasteiger partial charge < -0.3 is 9.84 Å². The highest BCUT2D eigenvalue weighted by Crippen LogP contribution is 2.42. The van der Waals surface area contributed by atoms with Crippen molar-refractivity contribution in [3.8, 4) is 5.75 Å². The molecule has 0 saturated carbocycles. The van der Waals surface area contributed by atoms with Gasteiger partial charge in [-0.05, 0) is 43.7 Å². The van der Waals surface area contributed by atoms with Gasteiger partial charge in [-0.15, -0.1) is 0 Å². The van der Waals surface area contributed by atoms with Gasteiger partial charge in [-0.2, -0.15) is 0 Å². The molecule has 0 spiro atoms. The topological polar surface area (TPSA) is 66.8 Å². The molecule has 0 radical (unpaired) electrons. The zero-order valence-electron chi connectivity index (χ0n) is 17.4. The van der Waals surface area contributed by atoms with Crippen molar-refractivity contribution in [3.05, 3.63) is 102 Å². The fourth-order valence-electron chi connectivity index (χ4n) is 3.76. The maximum absolute atomic E-state index is 13.1. The van der Waals surface area contributed by atoms with Crippen LogP contribution in [-0.2, 0) is 9.59 Å². The van der Waals surface area contributed by atoms with Gasteiger partial charge in [0.2, 0.25) is 0 Å². The Kier molecular flexibility index (Phi) is 5.58. The lowest BCUT2D eigenvalue weighted by atomic mass is 9.95. The van der Waals surface area contributed by atoms with Crippen LogP contribution in [0.4, 0.5) is 5.69 Å². The number of aliphatic hydroxyl groups is 1. The number of ketones is 1. The van der Waals surface area contributed by atoms with Crippen molar-refractivity contribution in [2.24, 2.45) is 0 Å². The Balaban J connectivity index is 1.87. The molecule has 1 aliphatic rings. The van der Waals surface area contributed by atoms with Crippen LogP contribution >= 0.6 is 0 Å². The van der Waals surface area contributed by atoms with E-state index in [1.165, 1.54) is 4.90 Å². The van der Waals surface area contributed by atoms with Crippen LogP contribution in [0.2, 0.25) is 0 Å². The zero-order chi connectivity index (χ0) is 22.0. The van der Waals surface area contributed by atoms with Gasteiger partial charge in [0.15, 0.2) is 0 Å². The molecule has 1 amide bonds. The summed E-state index contributed by atoms with van der Waals surface area (Å²) in [4.78, 5) is 27.6. The summed E-state index contributed by atoms with van der Waals surface area (Å²) >= 11 is 0. The number of hydrogen-bond acceptors (Lipinski definition) is 4. The molecule has 1 saturated heterocycles. The van der Waals surface area contributed by atoms with Crippen LogP contribution in [0.15, 0.2) is 90.5 Å². The molecule has 1 heterocycles. The van der Waals surface area contributed by atoms with E-state index in [-0.39, 0.29) is 17.4 Å². The maximum atomic E-state index is 13.1. The summed E-state index contributed by atoms with van der Waals surface area (Å²) < 4.78 is 5.72. The standard InChI is InChI=1S/C26H23NO4/c1-17(2)31-21-15-13-18(14-16-21)23-22(24(28)19-9-5-3-6-10-19)25(29)26(30)27(23)20-11-7-4-8-12-20/h3-17,23,28H,1-2H3/b24-22-. The fraction of sp³-hybridized carbons (Fsp3) is 0.154. The smallest absolute Gasteiger partial charge is 0.300 e. The molecular weight excluding hydrogens is 390 g/mol. The number of carbonyl (C=O) groups is 2. The van der Waals surface area contributed by atoms with Crippen LogP contribution in [0.1, 0.15) is 31.0 Å². The predicted octanol–water partition coefficient (Wildman–Crippen LogP) is 5.10. The van der Waals surface area contributed by atoms with Gasteiger partial charge in [0, 0.05) is 11.3 Å². The molecular formula is C26H23NO4. The molecule has 0 aliphatic carbocycles. The van der Waals surface area contributed by atoms with Gasteiger partial charge in [0.05, 0.1) is 17.7 Å². The first-order valence-corrected chi connectivity index (χ1v) is 10.2. The molecule has 0 bridgehead atoms. The number of Topliss-reactive ketones (excluding diaryl/α,β-unsaturated/α-hetero) is 1. The van der Waals surface area contributed by atoms with Crippen molar-refractivity contribution in [1.82, 2.24) is 0 Å². The summed E-state index contributed by atoms with van der Waals surface area (Å²) in [5, 5.41) is 11.0. The number of carbonyl (C=O) groups excluding carboxylic acids is 2. The second-order valence-corrected chi connectivity index (χ2v) is 7.61. The fourth-order valence-corrected chi connectivity index (χ4v) is 3.76. The van der Waals surface area contributed by atoms with E-state index in [9.17, 15) is 14.7 Å². The molecule has 0 aromatic heterocycles. The van der Waals surface area contributed by atoms with Gasteiger partial charge in [-0.1, -0.05) is 60.7 Å². The van der Waals surface area contributed by atoms with Crippen LogP contribution < -0.4 is 9.64 Å². The highest BCUT2D eigenvalue weighted by Gasteiger charge is 2.46. The van der Waals surface area contributed by atoms with Crippen LogP contribution in [-0.4, -0.2) is 22.9 Å². The lowest BCUT2D eigenvalue weighted by molar-refractivity contribution is -0.132. The Morgan fingerprint density at radius 1 is 0.871 bits per heavy atom. The molecule has 1 unspecified atom stereocenters. The third-order valence-electron chi connectivity index (χ3n) is 5.09. The quantitative estimate of drug-likeness (QED) is 0.359. The second kappa shape index (κ2) is 8.48. The number of anilines is 1. The number of nitrogens with zero attached hydrogens (tertiary/aromatic N) is 1. The van der Waals surface area contributed by atoms with Gasteiger partial charge >= 0.3 is 0 Å². The van der Waals surface area contributed by atoms with Crippen LogP contribution in [0, 0.1) is 0 Å². The van der Waals surface area contributed by atoms with Crippen molar-refractivity contribution in [2.45, 2.75) is 26.0 Å². The van der Waals surface area contributed by atoms with Crippen molar-refractivity contribution in [3.63, 3.8) is 0 Å². The van der Waals surface area contributed by atoms with E-state index in [4.69, 9.17) is 4.74 Å². The Morgan fingerprint density at radius 3 is 2.03 bits per heavy atom. The molecule has 1 fully saturated rings. The van der Waals surface area contributed by atoms with Crippen molar-refractivity contribution < 1.29 is 19.4 Å². The number of para-hydroxylation sites is 1. The lowest BCUT2D eigenvalue weighted by Gasteiger charge is -2.25. The van der Waals surface area contributed by atoms with Gasteiger partial charge in [0.1, 0.15) is 11.5 Å². The number of amides is 1. The maximum Gasteiger partial charge on any atom is 0.300 e. The van der Waals surface area contributed by atoms with Gasteiger partial charge in [0.25, 0.3) is 11.7 Å². The second-order valence-electron chi connectivity index (χ2n) is 7.61. The molecule has 5 nitrogen and oxygen atoms in total. The number of rotatable bonds is 5. The lowest BCUT2D eigenvalue weighted by Crippen LogP contribution is -2.29. The number of aliphatic hydroxyl groups excluding tert-OH is 1. The molecule has 4 rings (SSSR count). The Bertz CT molecular complexity index is 1120. The van der Waals surface area contributed by atoms with Crippen LogP contribution in [0.25, 0.3) is 5.76 Å². The first kappa shape index (κ1) is 20.4. The van der Waals surface area contributed by atoms with Crippen LogP contribution in [0.3, 0.4) is 0 Å². The van der Waals surface area contributed by atoms with Gasteiger partial charge in [-0.3, -0.25) is 14.5 Å². The summed E-state index contributed by atoms with van der Waals surface area (Å²) in [6, 6.07) is 24.3. The SMILES string of the molecule is CC(C)Oc1ccc(C2/C(=C(/O)c3ccccc3)C(=O)C(=O)N2c2ccccc2)cc1. The molecule has 1 atom stereocenters. The molecule has 31 heavy (non-hydrogen) atoms. The van der Waals surface area contributed by atoms with Crippen molar-refractivity contribution in [1.29, 1.82) is 0 Å². The Hall–Kier alpha value is -3.86. The molecule has 1 N–H and O–H groups in total. The summed E-state index contributed by atoms with van der Waals surface area (Å²) in [5.41, 5.74) is 1.84. The molecule has 5 heteroatoms. The Morgan fingerprint density at radius 2 is 1.45 bits per heavy atom. The summed E-state index contributed by atoms with van der Waals surface area (Å²) in [5.74, 6) is -0.878. The Labute approximate surface area is 181 Å². The van der Waals surface area contributed by atoms with E-state index >= 15 is 0 Å². The number of hydrogen-bond donors (Lipinski definition) is 1. The van der Waals surface area contributed by atoms with Crippen molar-refractivity contribution >= 4 is 23.1 Å². The monoisotopic (exact) mass is 413 g/mol. The van der Waals surface area contributed by atoms with E-state index in [0.717, 1.165) is 0 Å². The average molecular weight is 413 g/mol. The third kappa shape index (κ3) is 3.94.